The molecule has 0 saturated carbocycles. The molecule has 1 aliphatic heterocycles. The van der Waals surface area contributed by atoms with Gasteiger partial charge < -0.3 is 9.29 Å². The van der Waals surface area contributed by atoms with Crippen molar-refractivity contribution in [2.75, 3.05) is 17.1 Å². The molecule has 2 aromatic carbocycles. The summed E-state index contributed by atoms with van der Waals surface area (Å²) in [4.78, 5) is 11.5. The van der Waals surface area contributed by atoms with Crippen LogP contribution in [0.4, 0.5) is 5.69 Å². The summed E-state index contributed by atoms with van der Waals surface area (Å²) in [6.07, 6.45) is 3.80. The third-order valence-corrected chi connectivity index (χ3v) is 7.27. The van der Waals surface area contributed by atoms with Crippen LogP contribution < -0.4 is 13.2 Å². The number of phenolic OH excluding ortho intramolecular Hbond substituents is 1. The zero-order valence-electron chi connectivity index (χ0n) is 17.0. The smallest absolute Gasteiger partial charge is 0.326 e. The fourth-order valence-electron chi connectivity index (χ4n) is 4.19. The molecule has 0 bridgehead atoms. The number of aryl methyl sites for hydroxylation is 1. The zero-order chi connectivity index (χ0) is 22.6. The summed E-state index contributed by atoms with van der Waals surface area (Å²) >= 11 is 0. The second kappa shape index (κ2) is 7.41. The third-order valence-electron chi connectivity index (χ3n) is 5.41. The number of hydrogen-bond acceptors (Lipinski definition) is 7. The lowest BCUT2D eigenvalue weighted by Crippen LogP contribution is -2.29. The fraction of sp³-hybridized carbons (Fsp3) is 0.350. The first-order valence-electron chi connectivity index (χ1n) is 9.63. The van der Waals surface area contributed by atoms with Gasteiger partial charge in [-0.3, -0.25) is 4.79 Å². The van der Waals surface area contributed by atoms with Crippen molar-refractivity contribution in [3.63, 3.8) is 0 Å². The molecular formula is C20H22N2O7S2. The Morgan fingerprint density at radius 1 is 1.19 bits per heavy atom. The van der Waals surface area contributed by atoms with E-state index in [0.29, 0.717) is 16.9 Å². The van der Waals surface area contributed by atoms with Crippen molar-refractivity contribution in [1.29, 1.82) is 0 Å². The van der Waals surface area contributed by atoms with E-state index in [2.05, 4.69) is 0 Å². The van der Waals surface area contributed by atoms with Crippen molar-refractivity contribution in [2.24, 2.45) is 0 Å². The molecule has 31 heavy (non-hydrogen) atoms. The number of hydrogen-bond donors (Lipinski definition) is 2. The molecule has 4 rings (SSSR count). The monoisotopic (exact) mass is 466 g/mol. The summed E-state index contributed by atoms with van der Waals surface area (Å²) in [5.74, 6) is -0.651. The predicted octanol–water partition coefficient (Wildman–Crippen LogP) is 1.30. The SMILES string of the molecule is Cc1cc(Cc2ccc(N3CC(=O)NS3(=O)=O)c(O)c2)c(OS(C)(=O)=O)c2c1CCC2. The Kier molecular flexibility index (Phi) is 5.13. The lowest BCUT2D eigenvalue weighted by atomic mass is 9.95. The zero-order valence-corrected chi connectivity index (χ0v) is 18.6. The first kappa shape index (κ1) is 21.4. The maximum atomic E-state index is 12.0. The highest BCUT2D eigenvalue weighted by molar-refractivity contribution is 7.92. The van der Waals surface area contributed by atoms with E-state index in [1.807, 2.05) is 17.7 Å². The molecule has 1 fully saturated rings. The van der Waals surface area contributed by atoms with Gasteiger partial charge in [0.05, 0.1) is 11.9 Å². The van der Waals surface area contributed by atoms with Gasteiger partial charge in [0.2, 0.25) is 0 Å². The molecule has 0 aromatic heterocycles. The first-order valence-corrected chi connectivity index (χ1v) is 12.9. The molecule has 11 heteroatoms. The second-order valence-corrected chi connectivity index (χ2v) is 11.0. The molecule has 0 unspecified atom stereocenters. The van der Waals surface area contributed by atoms with Crippen LogP contribution in [0.2, 0.25) is 0 Å². The van der Waals surface area contributed by atoms with E-state index in [1.54, 1.807) is 6.07 Å². The normalized spacial score (nSPS) is 17.5. The van der Waals surface area contributed by atoms with Crippen LogP contribution in [0.15, 0.2) is 24.3 Å². The second-order valence-electron chi connectivity index (χ2n) is 7.82. The van der Waals surface area contributed by atoms with Gasteiger partial charge in [-0.1, -0.05) is 12.1 Å². The largest absolute Gasteiger partial charge is 0.506 e. The van der Waals surface area contributed by atoms with E-state index in [1.165, 1.54) is 12.1 Å². The van der Waals surface area contributed by atoms with Crippen LogP contribution in [0, 0.1) is 6.92 Å². The number of amides is 1. The molecular weight excluding hydrogens is 444 g/mol. The van der Waals surface area contributed by atoms with Gasteiger partial charge >= 0.3 is 20.3 Å². The quantitative estimate of drug-likeness (QED) is 0.635. The van der Waals surface area contributed by atoms with Crippen LogP contribution in [0.5, 0.6) is 11.5 Å². The fourth-order valence-corrected chi connectivity index (χ4v) is 5.87. The highest BCUT2D eigenvalue weighted by Crippen LogP contribution is 2.39. The number of phenols is 1. The number of carbonyl (C=O) groups is 1. The lowest BCUT2D eigenvalue weighted by molar-refractivity contribution is -0.117. The van der Waals surface area contributed by atoms with Crippen LogP contribution in [-0.4, -0.2) is 40.6 Å². The van der Waals surface area contributed by atoms with Crippen LogP contribution >= 0.6 is 0 Å². The van der Waals surface area contributed by atoms with E-state index >= 15 is 0 Å². The summed E-state index contributed by atoms with van der Waals surface area (Å²) in [6.45, 7) is 1.56. The molecule has 2 aromatic rings. The average molecular weight is 467 g/mol. The number of aromatic hydroxyl groups is 1. The Hall–Kier alpha value is -2.79. The molecule has 0 spiro atoms. The molecule has 1 aliphatic carbocycles. The minimum Gasteiger partial charge on any atom is -0.506 e. The van der Waals surface area contributed by atoms with Crippen LogP contribution in [0.1, 0.15) is 34.2 Å². The van der Waals surface area contributed by atoms with E-state index < -0.39 is 32.8 Å². The topological polar surface area (TPSA) is 130 Å². The standard InChI is InChI=1S/C20H22N2O7S2/c1-12-8-14(20(29-30(2,25)26)16-5-3-4-15(12)16)9-13-6-7-17(18(23)10-13)22-11-19(24)21-31(22,27)28/h6-8,10,23H,3-5,9,11H2,1-2H3,(H,21,24). The first-order chi connectivity index (χ1) is 14.4. The van der Waals surface area contributed by atoms with Crippen LogP contribution in [0.3, 0.4) is 0 Å². The maximum Gasteiger partial charge on any atom is 0.326 e. The van der Waals surface area contributed by atoms with Crippen LogP contribution in [-0.2, 0) is 44.4 Å². The third kappa shape index (κ3) is 4.19. The van der Waals surface area contributed by atoms with Crippen molar-refractivity contribution in [3.05, 3.63) is 52.1 Å². The molecule has 2 N–H and O–H groups in total. The van der Waals surface area contributed by atoms with Gasteiger partial charge in [-0.15, -0.1) is 0 Å². The van der Waals surface area contributed by atoms with Crippen molar-refractivity contribution < 1.29 is 30.9 Å². The minimum absolute atomic E-state index is 0.0140. The van der Waals surface area contributed by atoms with Gasteiger partial charge in [0.25, 0.3) is 5.91 Å². The predicted molar refractivity (Wildman–Crippen MR) is 114 cm³/mol. The number of fused-ring (bicyclic) bond motifs is 1. The van der Waals surface area contributed by atoms with E-state index in [0.717, 1.165) is 46.5 Å². The van der Waals surface area contributed by atoms with Crippen molar-refractivity contribution >= 4 is 31.9 Å². The van der Waals surface area contributed by atoms with Crippen molar-refractivity contribution in [3.8, 4) is 11.5 Å². The molecule has 9 nitrogen and oxygen atoms in total. The number of nitrogens with one attached hydrogen (secondary N) is 1. The van der Waals surface area contributed by atoms with Crippen LogP contribution in [0.25, 0.3) is 0 Å². The summed E-state index contributed by atoms with van der Waals surface area (Å²) < 4.78 is 55.8. The summed E-state index contributed by atoms with van der Waals surface area (Å²) in [7, 11) is -7.77. The van der Waals surface area contributed by atoms with E-state index in [4.69, 9.17) is 4.18 Å². The molecule has 0 radical (unpaired) electrons. The molecule has 166 valence electrons. The molecule has 2 aliphatic rings. The minimum atomic E-state index is -4.04. The van der Waals surface area contributed by atoms with Gasteiger partial charge in [0, 0.05) is 12.0 Å². The Balaban J connectivity index is 1.71. The number of anilines is 1. The highest BCUT2D eigenvalue weighted by Gasteiger charge is 2.35. The summed E-state index contributed by atoms with van der Waals surface area (Å²) in [6, 6.07) is 6.34. The summed E-state index contributed by atoms with van der Waals surface area (Å²) in [5.41, 5.74) is 4.34. The molecule has 1 heterocycles. The number of nitrogens with zero attached hydrogens (tertiary/aromatic N) is 1. The highest BCUT2D eigenvalue weighted by atomic mass is 32.2. The average Bonchev–Trinajstić information content (AvgIpc) is 3.22. The molecule has 1 amide bonds. The van der Waals surface area contributed by atoms with Gasteiger partial charge in [0.1, 0.15) is 18.0 Å². The Morgan fingerprint density at radius 3 is 2.52 bits per heavy atom. The lowest BCUT2D eigenvalue weighted by Gasteiger charge is -2.18. The molecule has 0 atom stereocenters. The van der Waals surface area contributed by atoms with Gasteiger partial charge in [0.15, 0.2) is 0 Å². The number of carbonyl (C=O) groups excluding carboxylic acids is 1. The van der Waals surface area contributed by atoms with Gasteiger partial charge in [-0.2, -0.15) is 16.8 Å². The maximum absolute atomic E-state index is 12.0. The Labute approximate surface area is 181 Å². The van der Waals surface area contributed by atoms with Crippen molar-refractivity contribution in [1.82, 2.24) is 4.72 Å². The van der Waals surface area contributed by atoms with E-state index in [9.17, 15) is 26.7 Å². The number of rotatable bonds is 5. The van der Waals surface area contributed by atoms with E-state index in [-0.39, 0.29) is 17.9 Å². The van der Waals surface area contributed by atoms with Crippen molar-refractivity contribution in [2.45, 2.75) is 32.6 Å². The molecule has 1 saturated heterocycles. The Morgan fingerprint density at radius 2 is 1.90 bits per heavy atom. The van der Waals surface area contributed by atoms with Gasteiger partial charge in [-0.25, -0.2) is 9.03 Å². The summed E-state index contributed by atoms with van der Waals surface area (Å²) in [5, 5.41) is 10.4. The Bertz CT molecular complexity index is 1300. The number of benzene rings is 2. The van der Waals surface area contributed by atoms with Gasteiger partial charge in [-0.05, 0) is 60.6 Å².